The quantitative estimate of drug-likeness (QED) is 0.759. The summed E-state index contributed by atoms with van der Waals surface area (Å²) in [6, 6.07) is 5.13. The van der Waals surface area contributed by atoms with E-state index in [9.17, 15) is 18.3 Å². The van der Waals surface area contributed by atoms with Crippen molar-refractivity contribution >= 4 is 21.8 Å². The van der Waals surface area contributed by atoms with Gasteiger partial charge in [-0.25, -0.2) is 4.39 Å². The third-order valence-electron chi connectivity index (χ3n) is 4.97. The van der Waals surface area contributed by atoms with Gasteiger partial charge in [0.25, 0.3) is 0 Å². The van der Waals surface area contributed by atoms with E-state index >= 15 is 0 Å². The van der Waals surface area contributed by atoms with Crippen molar-refractivity contribution in [3.8, 4) is 6.07 Å². The number of rotatable bonds is 2. The lowest BCUT2D eigenvalue weighted by Gasteiger charge is -2.36. The molecule has 0 unspecified atom stereocenters. The number of nitriles is 1. The van der Waals surface area contributed by atoms with Crippen molar-refractivity contribution in [1.82, 2.24) is 4.90 Å². The molecule has 0 radical (unpaired) electrons. The Balaban J connectivity index is 1.85. The van der Waals surface area contributed by atoms with Crippen LogP contribution < -0.4 is 0 Å². The van der Waals surface area contributed by atoms with Gasteiger partial charge in [0, 0.05) is 17.8 Å². The molecule has 2 aliphatic heterocycles. The van der Waals surface area contributed by atoms with E-state index in [1.54, 1.807) is 11.0 Å². The van der Waals surface area contributed by atoms with Crippen LogP contribution in [-0.2, 0) is 10.3 Å². The Morgan fingerprint density at radius 1 is 1.44 bits per heavy atom. The summed E-state index contributed by atoms with van der Waals surface area (Å²) in [5.74, 6) is -0.594. The van der Waals surface area contributed by atoms with Crippen LogP contribution in [0.5, 0.6) is 0 Å². The van der Waals surface area contributed by atoms with Crippen LogP contribution in [0.4, 0.5) is 13.2 Å². The largest absolute Gasteiger partial charge is 0.431 e. The van der Waals surface area contributed by atoms with E-state index in [0.29, 0.717) is 12.0 Å². The highest BCUT2D eigenvalue weighted by molar-refractivity contribution is 9.10. The summed E-state index contributed by atoms with van der Waals surface area (Å²) in [6.45, 7) is -2.83. The summed E-state index contributed by atoms with van der Waals surface area (Å²) in [6.07, 6.45) is 2.42. The van der Waals surface area contributed by atoms with Gasteiger partial charge in [-0.15, -0.1) is 0 Å². The van der Waals surface area contributed by atoms with E-state index in [4.69, 9.17) is 5.26 Å². The fourth-order valence-corrected chi connectivity index (χ4v) is 4.20. The minimum absolute atomic E-state index is 0.153. The van der Waals surface area contributed by atoms with Crippen LogP contribution in [0.1, 0.15) is 30.1 Å². The number of benzene rings is 1. The minimum atomic E-state index is -3.07. The normalized spacial score (nSPS) is 26.2. The number of ether oxygens (including phenoxy) is 1. The summed E-state index contributed by atoms with van der Waals surface area (Å²) in [4.78, 5) is 6.19. The fraction of sp³-hybridized carbons (Fsp3) is 0.333. The van der Waals surface area contributed by atoms with Crippen molar-refractivity contribution < 1.29 is 23.0 Å². The molecular weight excluding hydrogens is 427 g/mol. The number of aliphatic imine (C=N–C) groups is 1. The second-order valence-corrected chi connectivity index (χ2v) is 7.41. The predicted octanol–water partition coefficient (Wildman–Crippen LogP) is 3.87. The van der Waals surface area contributed by atoms with Crippen molar-refractivity contribution in [1.29, 1.82) is 5.26 Å². The Kier molecular flexibility index (Phi) is 4.28. The molecule has 0 saturated carbocycles. The van der Waals surface area contributed by atoms with Gasteiger partial charge in [-0.3, -0.25) is 4.99 Å². The van der Waals surface area contributed by atoms with Crippen LogP contribution in [0.15, 0.2) is 45.2 Å². The summed E-state index contributed by atoms with van der Waals surface area (Å²) in [5.41, 5.74) is -0.103. The van der Waals surface area contributed by atoms with Crippen LogP contribution in [-0.4, -0.2) is 29.0 Å². The lowest BCUT2D eigenvalue weighted by atomic mass is 9.75. The average Bonchev–Trinajstić information content (AvgIpc) is 3.00. The number of aliphatic hydroxyl groups is 1. The van der Waals surface area contributed by atoms with Crippen molar-refractivity contribution in [3.63, 3.8) is 0 Å². The first-order chi connectivity index (χ1) is 12.8. The monoisotopic (exact) mass is 439 g/mol. The van der Waals surface area contributed by atoms with Gasteiger partial charge in [0.1, 0.15) is 17.4 Å². The Morgan fingerprint density at radius 3 is 2.93 bits per heavy atom. The van der Waals surface area contributed by atoms with E-state index in [-0.39, 0.29) is 40.2 Å². The van der Waals surface area contributed by atoms with Gasteiger partial charge in [-0.1, -0.05) is 6.07 Å². The molecule has 0 aromatic heterocycles. The van der Waals surface area contributed by atoms with Gasteiger partial charge in [0.15, 0.2) is 11.6 Å². The van der Waals surface area contributed by atoms with Gasteiger partial charge in [0.05, 0.1) is 22.7 Å². The van der Waals surface area contributed by atoms with E-state index in [2.05, 4.69) is 25.7 Å². The van der Waals surface area contributed by atoms with Crippen LogP contribution in [0.2, 0.25) is 0 Å². The molecule has 3 aliphatic rings. The molecule has 140 valence electrons. The Labute approximate surface area is 161 Å². The third kappa shape index (κ3) is 2.84. The molecule has 1 N–H and O–H groups in total. The number of fused-ring (bicyclic) bond motifs is 3. The highest BCUT2D eigenvalue weighted by Gasteiger charge is 2.48. The van der Waals surface area contributed by atoms with Crippen LogP contribution in [0, 0.1) is 17.1 Å². The highest BCUT2D eigenvalue weighted by atomic mass is 79.9. The predicted molar refractivity (Wildman–Crippen MR) is 93.0 cm³/mol. The molecule has 5 nitrogen and oxygen atoms in total. The number of nitrogens with zero attached hydrogens (tertiary/aromatic N) is 3. The number of halogens is 4. The fourth-order valence-electron chi connectivity index (χ4n) is 3.85. The molecule has 1 aromatic carbocycles. The summed E-state index contributed by atoms with van der Waals surface area (Å²) in [7, 11) is 0. The molecule has 2 atom stereocenters. The second kappa shape index (κ2) is 6.39. The average molecular weight is 440 g/mol. The first-order valence-corrected chi connectivity index (χ1v) is 8.96. The first kappa shape index (κ1) is 18.1. The van der Waals surface area contributed by atoms with E-state index in [0.717, 1.165) is 0 Å². The Hall–Kier alpha value is -2.31. The smallest absolute Gasteiger partial charge is 0.387 e. The van der Waals surface area contributed by atoms with Crippen molar-refractivity contribution in [2.75, 3.05) is 6.54 Å². The molecule has 2 heterocycles. The van der Waals surface area contributed by atoms with E-state index < -0.39 is 24.1 Å². The highest BCUT2D eigenvalue weighted by Crippen LogP contribution is 2.48. The number of hydrogen-bond donors (Lipinski definition) is 1. The molecule has 4 rings (SSSR count). The summed E-state index contributed by atoms with van der Waals surface area (Å²) in [5, 5.41) is 19.5. The molecule has 0 amide bonds. The molecule has 27 heavy (non-hydrogen) atoms. The zero-order chi connectivity index (χ0) is 19.3. The maximum absolute atomic E-state index is 14.6. The van der Waals surface area contributed by atoms with Gasteiger partial charge in [-0.2, -0.15) is 14.0 Å². The van der Waals surface area contributed by atoms with Crippen molar-refractivity contribution in [2.24, 2.45) is 4.99 Å². The van der Waals surface area contributed by atoms with Gasteiger partial charge in [0.2, 0.25) is 0 Å². The lowest BCUT2D eigenvalue weighted by molar-refractivity contribution is -0.0906. The molecular formula is C18H13BrF3N3O2. The minimum Gasteiger partial charge on any atom is -0.431 e. The third-order valence-corrected chi connectivity index (χ3v) is 5.58. The van der Waals surface area contributed by atoms with Crippen LogP contribution in [0.25, 0.3) is 0 Å². The maximum Gasteiger partial charge on any atom is 0.387 e. The number of hydrogen-bond acceptors (Lipinski definition) is 5. The second-order valence-electron chi connectivity index (χ2n) is 6.56. The zero-order valence-electron chi connectivity index (χ0n) is 13.8. The van der Waals surface area contributed by atoms with Gasteiger partial charge in [-0.05, 0) is 40.4 Å². The lowest BCUT2D eigenvalue weighted by Crippen LogP contribution is -2.37. The van der Waals surface area contributed by atoms with Crippen molar-refractivity contribution in [3.05, 3.63) is 57.2 Å². The Bertz CT molecular complexity index is 954. The molecule has 0 fully saturated rings. The maximum atomic E-state index is 14.6. The molecule has 1 aromatic rings. The van der Waals surface area contributed by atoms with Gasteiger partial charge < -0.3 is 14.7 Å². The Morgan fingerprint density at radius 2 is 2.22 bits per heavy atom. The standard InChI is InChI=1S/C18H13BrF3N3O2/c19-11-2-1-10-14(15(11)20)12(26)3-4-18(10)8-25-7-9(6-23)5-13(16(25)24-18)27-17(21)22/h1-2,5,7,12,17,26H,3-4,8H2/t12-,18-/m1/s1. The van der Waals surface area contributed by atoms with Crippen molar-refractivity contribution in [2.45, 2.75) is 31.1 Å². The van der Waals surface area contributed by atoms with E-state index in [1.165, 1.54) is 18.3 Å². The summed E-state index contributed by atoms with van der Waals surface area (Å²) < 4.78 is 45.0. The SMILES string of the molecule is N#CC1=CN2C[C@@]3(CC[C@@H](O)c4c3ccc(Br)c4F)N=C2C(OC(F)F)=C1. The van der Waals surface area contributed by atoms with Gasteiger partial charge >= 0.3 is 6.61 Å². The molecule has 1 spiro atoms. The van der Waals surface area contributed by atoms with Crippen LogP contribution >= 0.6 is 15.9 Å². The topological polar surface area (TPSA) is 68.9 Å². The number of amidine groups is 1. The first-order valence-electron chi connectivity index (χ1n) is 8.16. The number of alkyl halides is 2. The number of allylic oxidation sites excluding steroid dienone is 2. The van der Waals surface area contributed by atoms with Crippen LogP contribution in [0.3, 0.4) is 0 Å². The molecule has 1 aliphatic carbocycles. The summed E-state index contributed by atoms with van der Waals surface area (Å²) >= 11 is 3.12. The molecule has 9 heteroatoms. The zero-order valence-corrected chi connectivity index (χ0v) is 15.4. The molecule has 0 saturated heterocycles. The number of aliphatic hydroxyl groups excluding tert-OH is 1. The molecule has 0 bridgehead atoms. The van der Waals surface area contributed by atoms with E-state index in [1.807, 2.05) is 6.07 Å².